The van der Waals surface area contributed by atoms with Crippen LogP contribution in [0.1, 0.15) is 26.3 Å². The monoisotopic (exact) mass is 465 g/mol. The number of hydrogen-bond acceptors (Lipinski definition) is 4. The highest BCUT2D eigenvalue weighted by Gasteiger charge is 2.49. The van der Waals surface area contributed by atoms with E-state index in [9.17, 15) is 14.4 Å². The first-order valence-corrected chi connectivity index (χ1v) is 10.8. The second-order valence-electron chi connectivity index (χ2n) is 7.50. The third-order valence-electron chi connectivity index (χ3n) is 5.70. The van der Waals surface area contributed by atoms with Gasteiger partial charge in [0.2, 0.25) is 0 Å². The van der Waals surface area contributed by atoms with Gasteiger partial charge in [-0.15, -0.1) is 0 Å². The molecule has 5 amide bonds. The van der Waals surface area contributed by atoms with E-state index in [1.807, 2.05) is 47.9 Å². The first-order valence-electron chi connectivity index (χ1n) is 9.96. The van der Waals surface area contributed by atoms with Crippen LogP contribution in [0.3, 0.4) is 0 Å². The van der Waals surface area contributed by atoms with E-state index in [1.54, 1.807) is 11.8 Å². The fourth-order valence-electron chi connectivity index (χ4n) is 3.80. The molecule has 8 nitrogen and oxygen atoms in total. The first kappa shape index (κ1) is 21.6. The Morgan fingerprint density at radius 2 is 1.83 bits per heavy atom. The lowest BCUT2D eigenvalue weighted by Crippen LogP contribution is -2.55. The zero-order valence-electron chi connectivity index (χ0n) is 17.2. The van der Waals surface area contributed by atoms with Gasteiger partial charge in [0.05, 0.1) is 6.67 Å². The number of piperazine rings is 1. The van der Waals surface area contributed by atoms with E-state index in [-0.39, 0.29) is 24.6 Å². The molecule has 1 unspecified atom stereocenters. The van der Waals surface area contributed by atoms with Crippen LogP contribution in [-0.2, 0) is 10.3 Å². The summed E-state index contributed by atoms with van der Waals surface area (Å²) in [5.41, 5.74) is -0.344. The molecule has 1 aromatic rings. The van der Waals surface area contributed by atoms with Gasteiger partial charge in [-0.05, 0) is 38.5 Å². The van der Waals surface area contributed by atoms with E-state index in [1.165, 1.54) is 4.90 Å². The molecule has 1 atom stereocenters. The van der Waals surface area contributed by atoms with Crippen molar-refractivity contribution in [3.05, 3.63) is 34.3 Å². The molecule has 1 aromatic carbocycles. The molecule has 0 bridgehead atoms. The van der Waals surface area contributed by atoms with E-state index in [0.717, 1.165) is 10.0 Å². The quantitative estimate of drug-likeness (QED) is 0.676. The minimum atomic E-state index is -1.08. The number of nitrogens with one attached hydrogen (secondary N) is 1. The molecular weight excluding hydrogens is 438 g/mol. The zero-order chi connectivity index (χ0) is 21.2. The highest BCUT2D eigenvalue weighted by atomic mass is 79.9. The molecular formula is C20H28BrN5O3. The lowest BCUT2D eigenvalue weighted by atomic mass is 9.92. The topological polar surface area (TPSA) is 76.2 Å². The number of hydrogen-bond donors (Lipinski definition) is 1. The average Bonchev–Trinajstić information content (AvgIpc) is 2.93. The Morgan fingerprint density at radius 1 is 1.17 bits per heavy atom. The van der Waals surface area contributed by atoms with Crippen LogP contribution in [0.25, 0.3) is 0 Å². The third kappa shape index (κ3) is 4.25. The molecule has 1 N–H and O–H groups in total. The van der Waals surface area contributed by atoms with Crippen LogP contribution in [-0.4, -0.2) is 83.5 Å². The van der Waals surface area contributed by atoms with Crippen molar-refractivity contribution in [2.24, 2.45) is 0 Å². The van der Waals surface area contributed by atoms with Crippen molar-refractivity contribution in [2.45, 2.75) is 26.3 Å². The normalized spacial score (nSPS) is 22.8. The number of carbonyl (C=O) groups excluding carboxylic acids is 3. The maximum absolute atomic E-state index is 13.1. The number of imide groups is 1. The van der Waals surface area contributed by atoms with Gasteiger partial charge in [-0.25, -0.2) is 14.5 Å². The minimum Gasteiger partial charge on any atom is -0.325 e. The third-order valence-corrected chi connectivity index (χ3v) is 6.19. The molecule has 2 aliphatic rings. The highest BCUT2D eigenvalue weighted by molar-refractivity contribution is 9.10. The Labute approximate surface area is 179 Å². The van der Waals surface area contributed by atoms with Crippen molar-refractivity contribution in [2.75, 3.05) is 45.9 Å². The van der Waals surface area contributed by atoms with Crippen molar-refractivity contribution in [3.63, 3.8) is 0 Å². The molecule has 2 fully saturated rings. The standard InChI is InChI=1S/C20H28BrN5O3/c1-4-24(5-2)19(29)25-11-9-23(10-12-25)14-26-17(27)20(3,22-18(26)28)15-7-6-8-16(21)13-15/h6-8,13H,4-5,9-12,14H2,1-3H3,(H,22,28). The van der Waals surface area contributed by atoms with Gasteiger partial charge in [0.1, 0.15) is 5.54 Å². The summed E-state index contributed by atoms with van der Waals surface area (Å²) in [7, 11) is 0. The fourth-order valence-corrected chi connectivity index (χ4v) is 4.19. The first-order chi connectivity index (χ1) is 13.8. The molecule has 0 spiro atoms. The Bertz CT molecular complexity index is 792. The van der Waals surface area contributed by atoms with Gasteiger partial charge >= 0.3 is 12.1 Å². The average molecular weight is 466 g/mol. The van der Waals surface area contributed by atoms with Crippen molar-refractivity contribution in [3.8, 4) is 0 Å². The molecule has 2 heterocycles. The summed E-state index contributed by atoms with van der Waals surface area (Å²) in [5, 5.41) is 2.84. The smallest absolute Gasteiger partial charge is 0.325 e. The lowest BCUT2D eigenvalue weighted by Gasteiger charge is -2.38. The molecule has 29 heavy (non-hydrogen) atoms. The number of benzene rings is 1. The van der Waals surface area contributed by atoms with Crippen molar-refractivity contribution in [1.29, 1.82) is 0 Å². The zero-order valence-corrected chi connectivity index (χ0v) is 18.7. The van der Waals surface area contributed by atoms with E-state index in [0.29, 0.717) is 39.3 Å². The van der Waals surface area contributed by atoms with Gasteiger partial charge in [0.15, 0.2) is 0 Å². The summed E-state index contributed by atoms with van der Waals surface area (Å²) < 4.78 is 0.853. The number of amides is 5. The number of halogens is 1. The molecule has 2 saturated heterocycles. The van der Waals surface area contributed by atoms with Gasteiger partial charge in [-0.3, -0.25) is 9.69 Å². The van der Waals surface area contributed by atoms with Gasteiger partial charge in [-0.1, -0.05) is 28.1 Å². The lowest BCUT2D eigenvalue weighted by molar-refractivity contribution is -0.132. The number of rotatable bonds is 5. The highest BCUT2D eigenvalue weighted by Crippen LogP contribution is 2.30. The Morgan fingerprint density at radius 3 is 2.41 bits per heavy atom. The van der Waals surface area contributed by atoms with Crippen LogP contribution in [0.5, 0.6) is 0 Å². The van der Waals surface area contributed by atoms with Crippen molar-refractivity contribution >= 4 is 33.9 Å². The molecule has 158 valence electrons. The van der Waals surface area contributed by atoms with Crippen LogP contribution < -0.4 is 5.32 Å². The van der Waals surface area contributed by atoms with E-state index in [2.05, 4.69) is 21.2 Å². The summed E-state index contributed by atoms with van der Waals surface area (Å²) in [6.45, 7) is 9.68. The van der Waals surface area contributed by atoms with E-state index in [4.69, 9.17) is 0 Å². The number of urea groups is 2. The molecule has 2 aliphatic heterocycles. The summed E-state index contributed by atoms with van der Waals surface area (Å²) in [6, 6.07) is 7.07. The molecule has 0 aromatic heterocycles. The SMILES string of the molecule is CCN(CC)C(=O)N1CCN(CN2C(=O)NC(C)(c3cccc(Br)c3)C2=O)CC1. The van der Waals surface area contributed by atoms with Crippen LogP contribution >= 0.6 is 15.9 Å². The predicted octanol–water partition coefficient (Wildman–Crippen LogP) is 2.25. The molecule has 0 radical (unpaired) electrons. The largest absolute Gasteiger partial charge is 0.326 e. The van der Waals surface area contributed by atoms with Gasteiger partial charge in [0, 0.05) is 43.7 Å². The minimum absolute atomic E-state index is 0.0480. The van der Waals surface area contributed by atoms with Gasteiger partial charge in [0.25, 0.3) is 5.91 Å². The summed E-state index contributed by atoms with van der Waals surface area (Å²) in [6.07, 6.45) is 0. The molecule has 3 rings (SSSR count). The summed E-state index contributed by atoms with van der Waals surface area (Å²) in [4.78, 5) is 45.1. The fraction of sp³-hybridized carbons (Fsp3) is 0.550. The molecule has 9 heteroatoms. The van der Waals surface area contributed by atoms with Crippen LogP contribution in [0.4, 0.5) is 9.59 Å². The molecule has 0 saturated carbocycles. The van der Waals surface area contributed by atoms with E-state index < -0.39 is 5.54 Å². The van der Waals surface area contributed by atoms with Crippen LogP contribution in [0.2, 0.25) is 0 Å². The van der Waals surface area contributed by atoms with Crippen molar-refractivity contribution in [1.82, 2.24) is 24.9 Å². The maximum Gasteiger partial charge on any atom is 0.326 e. The second kappa shape index (κ2) is 8.71. The Balaban J connectivity index is 1.62. The van der Waals surface area contributed by atoms with Crippen LogP contribution in [0, 0.1) is 0 Å². The number of carbonyl (C=O) groups is 3. The maximum atomic E-state index is 13.1. The van der Waals surface area contributed by atoms with Crippen molar-refractivity contribution < 1.29 is 14.4 Å². The Hall–Kier alpha value is -2.13. The van der Waals surface area contributed by atoms with Crippen LogP contribution in [0.15, 0.2) is 28.7 Å². The summed E-state index contributed by atoms with van der Waals surface area (Å²) in [5.74, 6) is -0.262. The number of nitrogens with zero attached hydrogens (tertiary/aromatic N) is 4. The van der Waals surface area contributed by atoms with Gasteiger partial charge in [-0.2, -0.15) is 0 Å². The van der Waals surface area contributed by atoms with E-state index >= 15 is 0 Å². The molecule has 0 aliphatic carbocycles. The second-order valence-corrected chi connectivity index (χ2v) is 8.42. The Kier molecular flexibility index (Phi) is 6.48. The van der Waals surface area contributed by atoms with Gasteiger partial charge < -0.3 is 15.1 Å². The predicted molar refractivity (Wildman–Crippen MR) is 113 cm³/mol. The summed E-state index contributed by atoms with van der Waals surface area (Å²) >= 11 is 3.42.